The molecule has 1 fully saturated rings. The van der Waals surface area contributed by atoms with Crippen molar-refractivity contribution in [3.63, 3.8) is 0 Å². The van der Waals surface area contributed by atoms with E-state index in [1.54, 1.807) is 12.3 Å². The molecule has 0 unspecified atom stereocenters. The third kappa shape index (κ3) is 3.92. The third-order valence-electron chi connectivity index (χ3n) is 6.40. The van der Waals surface area contributed by atoms with Crippen molar-refractivity contribution in [3.8, 4) is 22.3 Å². The zero-order chi connectivity index (χ0) is 22.2. The number of likely N-dealkylation sites (N-methyl/N-ethyl adjacent to an activating group) is 1. The van der Waals surface area contributed by atoms with Gasteiger partial charge in [0.15, 0.2) is 0 Å². The highest BCUT2D eigenvalue weighted by atomic mass is 35.5. The van der Waals surface area contributed by atoms with E-state index in [1.807, 2.05) is 12.1 Å². The molecule has 1 aromatic heterocycles. The molecule has 0 aliphatic carbocycles. The Morgan fingerprint density at radius 1 is 0.969 bits per heavy atom. The normalized spacial score (nSPS) is 16.6. The molecular weight excluding hydrogens is 422 g/mol. The number of nitrogens with zero attached hydrogens (tertiary/aromatic N) is 3. The van der Waals surface area contributed by atoms with Crippen molar-refractivity contribution in [3.05, 3.63) is 64.8 Å². The van der Waals surface area contributed by atoms with Gasteiger partial charge < -0.3 is 20.9 Å². The second-order valence-electron chi connectivity index (χ2n) is 8.49. The van der Waals surface area contributed by atoms with Gasteiger partial charge in [0.2, 0.25) is 0 Å². The van der Waals surface area contributed by atoms with Crippen LogP contribution in [-0.4, -0.2) is 55.6 Å². The minimum Gasteiger partial charge on any atom is -0.383 e. The lowest BCUT2D eigenvalue weighted by Gasteiger charge is -2.34. The lowest BCUT2D eigenvalue weighted by molar-refractivity contribution is 0.0946. The summed E-state index contributed by atoms with van der Waals surface area (Å²) in [6, 6.07) is 14.3. The van der Waals surface area contributed by atoms with Crippen LogP contribution in [0.5, 0.6) is 0 Å². The number of nitrogen functional groups attached to an aromatic ring is 1. The number of hydrogen-bond donors (Lipinski definition) is 2. The molecule has 32 heavy (non-hydrogen) atoms. The average Bonchev–Trinajstić information content (AvgIpc) is 2.81. The molecule has 0 bridgehead atoms. The van der Waals surface area contributed by atoms with Crippen LogP contribution in [0.15, 0.2) is 48.7 Å². The SMILES string of the molecule is CN1CCN(c2ccc(-c3cnc(N)c(-c4cc5c(cc4Cl)C(=O)NCC5)c3)cc2)CC1. The van der Waals surface area contributed by atoms with E-state index in [-0.39, 0.29) is 5.91 Å². The molecule has 2 aliphatic rings. The minimum absolute atomic E-state index is 0.0833. The molecule has 5 rings (SSSR count). The van der Waals surface area contributed by atoms with E-state index in [2.05, 4.69) is 51.4 Å². The fraction of sp³-hybridized carbons (Fsp3) is 0.280. The van der Waals surface area contributed by atoms with Crippen LogP contribution in [0.4, 0.5) is 11.5 Å². The molecule has 164 valence electrons. The van der Waals surface area contributed by atoms with Gasteiger partial charge in [-0.2, -0.15) is 0 Å². The Morgan fingerprint density at radius 2 is 1.72 bits per heavy atom. The Hall–Kier alpha value is -3.09. The predicted octanol–water partition coefficient (Wildman–Crippen LogP) is 3.69. The number of halogens is 1. The Balaban J connectivity index is 1.46. The number of benzene rings is 2. The summed E-state index contributed by atoms with van der Waals surface area (Å²) in [6.45, 7) is 4.86. The highest BCUT2D eigenvalue weighted by Crippen LogP contribution is 2.37. The number of piperazine rings is 1. The maximum Gasteiger partial charge on any atom is 0.251 e. The van der Waals surface area contributed by atoms with E-state index in [0.29, 0.717) is 22.9 Å². The van der Waals surface area contributed by atoms with Crippen molar-refractivity contribution in [2.24, 2.45) is 0 Å². The first-order valence-electron chi connectivity index (χ1n) is 10.9. The van der Waals surface area contributed by atoms with Crippen LogP contribution >= 0.6 is 11.6 Å². The summed E-state index contributed by atoms with van der Waals surface area (Å²) < 4.78 is 0. The maximum atomic E-state index is 12.1. The Kier molecular flexibility index (Phi) is 5.49. The molecule has 6 nitrogen and oxygen atoms in total. The van der Waals surface area contributed by atoms with Gasteiger partial charge in [0, 0.05) is 71.9 Å². The van der Waals surface area contributed by atoms with Crippen molar-refractivity contribution < 1.29 is 4.79 Å². The molecule has 3 aromatic rings. The largest absolute Gasteiger partial charge is 0.383 e. The van der Waals surface area contributed by atoms with Gasteiger partial charge in [-0.05, 0) is 54.9 Å². The summed E-state index contributed by atoms with van der Waals surface area (Å²) in [6.07, 6.45) is 2.56. The van der Waals surface area contributed by atoms with Gasteiger partial charge in [-0.3, -0.25) is 4.79 Å². The van der Waals surface area contributed by atoms with Crippen molar-refractivity contribution in [2.45, 2.75) is 6.42 Å². The first-order chi connectivity index (χ1) is 15.5. The number of carbonyl (C=O) groups excluding carboxylic acids is 1. The molecule has 0 radical (unpaired) electrons. The second kappa shape index (κ2) is 8.45. The van der Waals surface area contributed by atoms with Crippen molar-refractivity contribution >= 4 is 29.0 Å². The molecule has 3 heterocycles. The predicted molar refractivity (Wildman–Crippen MR) is 130 cm³/mol. The Labute approximate surface area is 193 Å². The number of amides is 1. The first-order valence-corrected chi connectivity index (χ1v) is 11.3. The topological polar surface area (TPSA) is 74.5 Å². The van der Waals surface area contributed by atoms with Gasteiger partial charge in [-0.25, -0.2) is 4.98 Å². The molecule has 1 amide bonds. The van der Waals surface area contributed by atoms with Gasteiger partial charge in [-0.15, -0.1) is 0 Å². The zero-order valence-electron chi connectivity index (χ0n) is 18.1. The van der Waals surface area contributed by atoms with Crippen molar-refractivity contribution in [1.82, 2.24) is 15.2 Å². The lowest BCUT2D eigenvalue weighted by Crippen LogP contribution is -2.44. The molecule has 1 saturated heterocycles. The minimum atomic E-state index is -0.0833. The lowest BCUT2D eigenvalue weighted by atomic mass is 9.94. The van der Waals surface area contributed by atoms with Gasteiger partial charge in [0.25, 0.3) is 5.91 Å². The van der Waals surface area contributed by atoms with Crippen LogP contribution in [0.25, 0.3) is 22.3 Å². The summed E-state index contributed by atoms with van der Waals surface area (Å²) in [4.78, 5) is 21.3. The van der Waals surface area contributed by atoms with Crippen LogP contribution < -0.4 is 16.0 Å². The maximum absolute atomic E-state index is 12.1. The highest BCUT2D eigenvalue weighted by molar-refractivity contribution is 6.34. The van der Waals surface area contributed by atoms with Gasteiger partial charge >= 0.3 is 0 Å². The van der Waals surface area contributed by atoms with Gasteiger partial charge in [-0.1, -0.05) is 23.7 Å². The standard InChI is InChI=1S/C25H26ClN5O/c1-30-8-10-31(11-9-30)19-4-2-16(3-5-19)18-13-22(24(27)29-15-18)21-12-17-6-7-28-25(32)20(17)14-23(21)26/h2-5,12-15H,6-11H2,1H3,(H2,27,29)(H,28,32). The summed E-state index contributed by atoms with van der Waals surface area (Å²) >= 11 is 6.58. The number of carbonyl (C=O) groups is 1. The fourth-order valence-corrected chi connectivity index (χ4v) is 4.69. The monoisotopic (exact) mass is 447 g/mol. The second-order valence-corrected chi connectivity index (χ2v) is 8.90. The van der Waals surface area contributed by atoms with Crippen molar-refractivity contribution in [2.75, 3.05) is 50.4 Å². The number of aromatic nitrogens is 1. The molecule has 2 aromatic carbocycles. The van der Waals surface area contributed by atoms with Crippen molar-refractivity contribution in [1.29, 1.82) is 0 Å². The van der Waals surface area contributed by atoms with Crippen LogP contribution in [-0.2, 0) is 6.42 Å². The fourth-order valence-electron chi connectivity index (χ4n) is 4.43. The van der Waals surface area contributed by atoms with Crippen LogP contribution in [0, 0.1) is 0 Å². The summed E-state index contributed by atoms with van der Waals surface area (Å²) in [5.74, 6) is 0.338. The Bertz CT molecular complexity index is 1170. The zero-order valence-corrected chi connectivity index (χ0v) is 18.8. The quantitative estimate of drug-likeness (QED) is 0.640. The van der Waals surface area contributed by atoms with E-state index in [4.69, 9.17) is 17.3 Å². The molecule has 0 spiro atoms. The first kappa shape index (κ1) is 20.8. The van der Waals surface area contributed by atoms with Crippen LogP contribution in [0.3, 0.4) is 0 Å². The van der Waals surface area contributed by atoms with E-state index in [0.717, 1.165) is 60.4 Å². The molecule has 7 heteroatoms. The number of pyridine rings is 1. The van der Waals surface area contributed by atoms with Crippen LogP contribution in [0.1, 0.15) is 15.9 Å². The summed E-state index contributed by atoms with van der Waals surface area (Å²) in [7, 11) is 2.16. The third-order valence-corrected chi connectivity index (χ3v) is 6.71. The highest BCUT2D eigenvalue weighted by Gasteiger charge is 2.21. The number of nitrogens with two attached hydrogens (primary N) is 1. The molecule has 2 aliphatic heterocycles. The number of anilines is 2. The van der Waals surface area contributed by atoms with E-state index in [1.165, 1.54) is 5.69 Å². The molecular formula is C25H26ClN5O. The molecule has 0 atom stereocenters. The van der Waals surface area contributed by atoms with Crippen LogP contribution in [0.2, 0.25) is 5.02 Å². The van der Waals surface area contributed by atoms with Gasteiger partial charge in [0.1, 0.15) is 5.82 Å². The molecule has 3 N–H and O–H groups in total. The van der Waals surface area contributed by atoms with E-state index >= 15 is 0 Å². The summed E-state index contributed by atoms with van der Waals surface area (Å²) in [5.41, 5.74) is 12.7. The number of hydrogen-bond acceptors (Lipinski definition) is 5. The number of fused-ring (bicyclic) bond motifs is 1. The number of nitrogens with one attached hydrogen (secondary N) is 1. The number of rotatable bonds is 3. The molecule has 0 saturated carbocycles. The summed E-state index contributed by atoms with van der Waals surface area (Å²) in [5, 5.41) is 3.35. The van der Waals surface area contributed by atoms with Gasteiger partial charge in [0.05, 0.1) is 0 Å². The smallest absolute Gasteiger partial charge is 0.251 e. The average molecular weight is 448 g/mol. The Morgan fingerprint density at radius 3 is 2.47 bits per heavy atom. The van der Waals surface area contributed by atoms with E-state index < -0.39 is 0 Å². The van der Waals surface area contributed by atoms with E-state index in [9.17, 15) is 4.79 Å².